The maximum absolute atomic E-state index is 4.85. The second-order valence-electron chi connectivity index (χ2n) is 2.21. The van der Waals surface area contributed by atoms with Gasteiger partial charge in [-0.1, -0.05) is 6.92 Å². The minimum absolute atomic E-state index is 0.346. The van der Waals surface area contributed by atoms with Crippen LogP contribution >= 0.6 is 19.4 Å². The van der Waals surface area contributed by atoms with Crippen LogP contribution in [-0.2, 0) is 15.1 Å². The third-order valence-corrected chi connectivity index (χ3v) is 0.885. The molecule has 0 nitrogen and oxygen atoms in total. The summed E-state index contributed by atoms with van der Waals surface area (Å²) >= 11 is -0.346. The first-order chi connectivity index (χ1) is 6.22. The van der Waals surface area contributed by atoms with Gasteiger partial charge in [0, 0.05) is 0 Å². The normalized spacial score (nSPS) is 7.46. The van der Waals surface area contributed by atoms with Crippen LogP contribution in [0.3, 0.4) is 0 Å². The van der Waals surface area contributed by atoms with Gasteiger partial charge in [0.15, 0.2) is 0 Å². The summed E-state index contributed by atoms with van der Waals surface area (Å²) in [5.74, 6) is 0. The van der Waals surface area contributed by atoms with Crippen molar-refractivity contribution in [1.82, 2.24) is 0 Å². The Morgan fingerprint density at radius 1 is 1.23 bits per heavy atom. The van der Waals surface area contributed by atoms with E-state index in [1.54, 1.807) is 0 Å². The van der Waals surface area contributed by atoms with Crippen LogP contribution < -0.4 is 0 Å². The van der Waals surface area contributed by atoms with Gasteiger partial charge in [-0.05, 0) is 0 Å². The van der Waals surface area contributed by atoms with Gasteiger partial charge < -0.3 is 6.42 Å². The van der Waals surface area contributed by atoms with Crippen LogP contribution in [0, 0.1) is 19.4 Å². The predicted octanol–water partition coefficient (Wildman–Crippen LogP) is 4.40. The maximum atomic E-state index is 4.85. The third-order valence-electron chi connectivity index (χ3n) is 0.885. The van der Waals surface area contributed by atoms with Gasteiger partial charge in [0.25, 0.3) is 0 Å². The van der Waals surface area contributed by atoms with Crippen molar-refractivity contribution >= 4 is 19.4 Å². The first kappa shape index (κ1) is 15.9. The molecule has 0 N–H and O–H groups in total. The number of benzene rings is 1. The van der Waals surface area contributed by atoms with Crippen molar-refractivity contribution in [3.63, 3.8) is 0 Å². The Kier molecular flexibility index (Phi) is 18.2. The number of aryl methyl sites for hydroxylation is 1. The number of hydrogen-bond donors (Lipinski definition) is 0. The SMILES string of the molecule is C[CH-]C.Cc1cc[c-]cc1.[Cl][Ru+2][Cl]. The van der Waals surface area contributed by atoms with Crippen LogP contribution in [-0.4, -0.2) is 0 Å². The molecule has 0 aliphatic rings. The molecule has 0 saturated heterocycles. The van der Waals surface area contributed by atoms with E-state index in [2.05, 4.69) is 13.0 Å². The van der Waals surface area contributed by atoms with Gasteiger partial charge in [0.1, 0.15) is 0 Å². The summed E-state index contributed by atoms with van der Waals surface area (Å²) in [5.41, 5.74) is 1.29. The Morgan fingerprint density at radius 3 is 1.69 bits per heavy atom. The van der Waals surface area contributed by atoms with Gasteiger partial charge in [-0.3, -0.25) is 0 Å². The summed E-state index contributed by atoms with van der Waals surface area (Å²) in [7, 11) is 9.71. The summed E-state index contributed by atoms with van der Waals surface area (Å²) in [6, 6.07) is 10.8. The molecule has 0 aromatic heterocycles. The number of halogens is 2. The second-order valence-corrected chi connectivity index (χ2v) is 4.84. The zero-order chi connectivity index (χ0) is 10.5. The topological polar surface area (TPSA) is 0 Å². The second kappa shape index (κ2) is 14.9. The minimum atomic E-state index is -0.346. The Hall–Kier alpha value is 0.423. The zero-order valence-corrected chi connectivity index (χ0v) is 11.2. The van der Waals surface area contributed by atoms with Crippen LogP contribution in [0.5, 0.6) is 0 Å². The molecule has 0 bridgehead atoms. The fourth-order valence-electron chi connectivity index (χ4n) is 0.470. The van der Waals surface area contributed by atoms with Gasteiger partial charge >= 0.3 is 34.5 Å². The van der Waals surface area contributed by atoms with Gasteiger partial charge in [0.05, 0.1) is 0 Å². The molecule has 0 heterocycles. The molecule has 1 rings (SSSR count). The van der Waals surface area contributed by atoms with E-state index in [0.29, 0.717) is 0 Å². The van der Waals surface area contributed by atoms with E-state index in [9.17, 15) is 0 Å². The Balaban J connectivity index is 0. The Labute approximate surface area is 97.3 Å². The molecule has 76 valence electrons. The van der Waals surface area contributed by atoms with E-state index in [-0.39, 0.29) is 15.1 Å². The van der Waals surface area contributed by atoms with Gasteiger partial charge in [-0.25, -0.2) is 0 Å². The van der Waals surface area contributed by atoms with E-state index < -0.39 is 0 Å². The average molecular weight is 306 g/mol. The molecule has 1 aromatic carbocycles. The van der Waals surface area contributed by atoms with Crippen LogP contribution in [0.4, 0.5) is 0 Å². The summed E-state index contributed by atoms with van der Waals surface area (Å²) in [4.78, 5) is 0. The number of hydrogen-bond acceptors (Lipinski definition) is 0. The van der Waals surface area contributed by atoms with Crippen molar-refractivity contribution in [2.75, 3.05) is 0 Å². The molecule has 1 aromatic rings. The first-order valence-corrected chi connectivity index (χ1v) is 8.22. The van der Waals surface area contributed by atoms with Crippen LogP contribution in [0.25, 0.3) is 0 Å². The van der Waals surface area contributed by atoms with Gasteiger partial charge in [-0.15, -0.1) is 0 Å². The molecule has 0 spiro atoms. The average Bonchev–Trinajstić information content (AvgIpc) is 2.08. The van der Waals surface area contributed by atoms with Gasteiger partial charge in [-0.2, -0.15) is 49.7 Å². The standard InChI is InChI=1S/C7H7.C3H7.2ClH.Ru/c1-7-5-3-2-4-6-7;1-3-2;;;/h3-6H,1H3;3H,1-2H3;2*1H;/q2*-1;;;+4/p-2. The quantitative estimate of drug-likeness (QED) is 0.492. The molecule has 0 atom stereocenters. The Bertz CT molecular complexity index is 164. The van der Waals surface area contributed by atoms with E-state index >= 15 is 0 Å². The van der Waals surface area contributed by atoms with E-state index in [4.69, 9.17) is 19.4 Å². The molecular weight excluding hydrogens is 292 g/mol. The van der Waals surface area contributed by atoms with Crippen LogP contribution in [0.15, 0.2) is 24.3 Å². The molecule has 0 amide bonds. The van der Waals surface area contributed by atoms with Crippen LogP contribution in [0.1, 0.15) is 19.4 Å². The zero-order valence-electron chi connectivity index (χ0n) is 8.00. The molecule has 13 heavy (non-hydrogen) atoms. The molecule has 0 radical (unpaired) electrons. The van der Waals surface area contributed by atoms with Crippen molar-refractivity contribution in [2.45, 2.75) is 20.8 Å². The van der Waals surface area contributed by atoms with Crippen molar-refractivity contribution in [3.05, 3.63) is 42.3 Å². The predicted molar refractivity (Wildman–Crippen MR) is 57.4 cm³/mol. The first-order valence-electron chi connectivity index (χ1n) is 3.74. The van der Waals surface area contributed by atoms with E-state index in [1.807, 2.05) is 44.5 Å². The monoisotopic (exact) mass is 306 g/mol. The summed E-state index contributed by atoms with van der Waals surface area (Å²) in [5, 5.41) is 0. The van der Waals surface area contributed by atoms with Crippen molar-refractivity contribution < 1.29 is 15.1 Å². The number of rotatable bonds is 0. The third kappa shape index (κ3) is 19.0. The summed E-state index contributed by atoms with van der Waals surface area (Å²) in [6.45, 7) is 6.06. The summed E-state index contributed by atoms with van der Waals surface area (Å²) < 4.78 is 0. The van der Waals surface area contributed by atoms with Crippen molar-refractivity contribution in [3.8, 4) is 0 Å². The Morgan fingerprint density at radius 2 is 1.54 bits per heavy atom. The van der Waals surface area contributed by atoms with Gasteiger partial charge in [0.2, 0.25) is 0 Å². The molecule has 3 heteroatoms. The molecule has 0 aliphatic heterocycles. The molecule has 0 fully saturated rings. The van der Waals surface area contributed by atoms with E-state index in [0.717, 1.165) is 0 Å². The van der Waals surface area contributed by atoms with Crippen LogP contribution in [0.2, 0.25) is 0 Å². The molecular formula is C10H14Cl2Ru. The molecule has 0 unspecified atom stereocenters. The van der Waals surface area contributed by atoms with Crippen molar-refractivity contribution in [2.24, 2.45) is 0 Å². The fourth-order valence-corrected chi connectivity index (χ4v) is 0.470. The van der Waals surface area contributed by atoms with E-state index in [1.165, 1.54) is 5.56 Å². The molecule has 0 aliphatic carbocycles. The van der Waals surface area contributed by atoms with Crippen molar-refractivity contribution in [1.29, 1.82) is 0 Å². The summed E-state index contributed by atoms with van der Waals surface area (Å²) in [6.07, 6.45) is 2.00. The molecule has 0 saturated carbocycles. The fraction of sp³-hybridized carbons (Fsp3) is 0.300.